The molecule has 0 bridgehead atoms. The van der Waals surface area contributed by atoms with Crippen LogP contribution in [0.25, 0.3) is 0 Å². The lowest BCUT2D eigenvalue weighted by molar-refractivity contribution is -0.143. The van der Waals surface area contributed by atoms with E-state index >= 15 is 0 Å². The number of fused-ring (bicyclic) bond motifs is 2. The van der Waals surface area contributed by atoms with E-state index in [1.807, 2.05) is 0 Å². The van der Waals surface area contributed by atoms with E-state index in [9.17, 15) is 24.0 Å². The van der Waals surface area contributed by atoms with E-state index in [2.05, 4.69) is 0 Å². The molecule has 0 aromatic heterocycles. The monoisotopic (exact) mass is 638 g/mol. The number of hydrogen-bond donors (Lipinski definition) is 0. The highest BCUT2D eigenvalue weighted by molar-refractivity contribution is 6.03. The fraction of sp³-hybridized carbons (Fsp3) is 0.528. The quantitative estimate of drug-likeness (QED) is 0.219. The molecule has 0 saturated carbocycles. The third-order valence-electron chi connectivity index (χ3n) is 7.53. The molecule has 2 aromatic rings. The number of esters is 5. The zero-order valence-corrected chi connectivity index (χ0v) is 26.6. The van der Waals surface area contributed by atoms with Gasteiger partial charge in [0, 0.05) is 6.42 Å². The molecule has 0 atom stereocenters. The minimum absolute atomic E-state index is 0.111. The molecule has 0 N–H and O–H groups in total. The summed E-state index contributed by atoms with van der Waals surface area (Å²) in [6.45, 7) is 1.09. The predicted octanol–water partition coefficient (Wildman–Crippen LogP) is 7.03. The lowest BCUT2D eigenvalue weighted by Gasteiger charge is -2.10. The zero-order chi connectivity index (χ0) is 32.8. The Labute approximate surface area is 271 Å². The Hall–Kier alpha value is -4.21. The Morgan fingerprint density at radius 1 is 0.326 bits per heavy atom. The van der Waals surface area contributed by atoms with Gasteiger partial charge < -0.3 is 23.7 Å². The summed E-state index contributed by atoms with van der Waals surface area (Å²) >= 11 is 0. The second-order valence-electron chi connectivity index (χ2n) is 11.2. The van der Waals surface area contributed by atoms with Crippen LogP contribution in [0.2, 0.25) is 0 Å². The molecule has 1 aliphatic heterocycles. The van der Waals surface area contributed by atoms with Crippen molar-refractivity contribution in [2.75, 3.05) is 33.0 Å². The summed E-state index contributed by atoms with van der Waals surface area (Å²) in [6.07, 6.45) is 10.5. The first-order chi connectivity index (χ1) is 22.5. The van der Waals surface area contributed by atoms with Crippen molar-refractivity contribution < 1.29 is 47.7 Å². The molecule has 0 unspecified atom stereocenters. The standard InChI is InChI=1S/C36H46O10/c37-32-22-12-17-27-46-36(41)31-21-11-10-20-30(31)34(39)44-25-14-6-4-2-1-3-5-13-24-43-33(38)28-18-8-9-19-29(28)35(40)45-26-16-7-15-23-42-32/h8-11,18-21H,1-7,12-17,22-27H2. The van der Waals surface area contributed by atoms with Crippen LogP contribution in [0.15, 0.2) is 48.5 Å². The topological polar surface area (TPSA) is 132 Å². The summed E-state index contributed by atoms with van der Waals surface area (Å²) in [7, 11) is 0. The molecular formula is C36H46O10. The van der Waals surface area contributed by atoms with E-state index in [0.717, 1.165) is 51.4 Å². The van der Waals surface area contributed by atoms with Gasteiger partial charge in [-0.1, -0.05) is 62.8 Å². The average molecular weight is 639 g/mol. The van der Waals surface area contributed by atoms with E-state index in [1.54, 1.807) is 42.5 Å². The first kappa shape index (κ1) is 36.3. The minimum atomic E-state index is -0.607. The van der Waals surface area contributed by atoms with Crippen molar-refractivity contribution in [3.63, 3.8) is 0 Å². The first-order valence-corrected chi connectivity index (χ1v) is 16.5. The van der Waals surface area contributed by atoms with Gasteiger partial charge in [0.25, 0.3) is 0 Å². The molecule has 3 rings (SSSR count). The smallest absolute Gasteiger partial charge is 0.339 e. The summed E-state index contributed by atoms with van der Waals surface area (Å²) in [5.41, 5.74) is 0.694. The van der Waals surface area contributed by atoms with Crippen LogP contribution in [0.1, 0.15) is 131 Å². The number of ether oxygens (including phenoxy) is 5. The molecule has 0 spiro atoms. The van der Waals surface area contributed by atoms with Crippen molar-refractivity contribution in [1.82, 2.24) is 0 Å². The molecule has 1 heterocycles. The van der Waals surface area contributed by atoms with E-state index in [1.165, 1.54) is 6.07 Å². The molecule has 2 aromatic carbocycles. The van der Waals surface area contributed by atoms with Crippen LogP contribution in [-0.2, 0) is 28.5 Å². The maximum absolute atomic E-state index is 12.6. The molecule has 250 valence electrons. The average Bonchev–Trinajstić information content (AvgIpc) is 3.07. The molecule has 0 saturated heterocycles. The Morgan fingerprint density at radius 3 is 0.935 bits per heavy atom. The van der Waals surface area contributed by atoms with Crippen molar-refractivity contribution in [2.24, 2.45) is 0 Å². The third-order valence-corrected chi connectivity index (χ3v) is 7.53. The summed E-state index contributed by atoms with van der Waals surface area (Å²) in [5.74, 6) is -2.62. The second-order valence-corrected chi connectivity index (χ2v) is 11.2. The van der Waals surface area contributed by atoms with Crippen LogP contribution in [-0.4, -0.2) is 62.9 Å². The van der Waals surface area contributed by atoms with Gasteiger partial charge >= 0.3 is 29.8 Å². The maximum Gasteiger partial charge on any atom is 0.339 e. The van der Waals surface area contributed by atoms with Gasteiger partial charge in [0.1, 0.15) is 0 Å². The normalized spacial score (nSPS) is 18.7. The molecule has 1 aliphatic rings. The van der Waals surface area contributed by atoms with Crippen molar-refractivity contribution in [3.8, 4) is 0 Å². The van der Waals surface area contributed by atoms with Gasteiger partial charge in [-0.3, -0.25) is 4.79 Å². The van der Waals surface area contributed by atoms with Gasteiger partial charge in [-0.25, -0.2) is 19.2 Å². The van der Waals surface area contributed by atoms with Crippen LogP contribution in [0.3, 0.4) is 0 Å². The molecule has 10 heteroatoms. The van der Waals surface area contributed by atoms with Crippen LogP contribution in [0.4, 0.5) is 0 Å². The van der Waals surface area contributed by atoms with Gasteiger partial charge in [-0.2, -0.15) is 0 Å². The summed E-state index contributed by atoms with van der Waals surface area (Å²) < 4.78 is 26.8. The predicted molar refractivity (Wildman–Crippen MR) is 170 cm³/mol. The highest BCUT2D eigenvalue weighted by atomic mass is 16.5. The van der Waals surface area contributed by atoms with Crippen molar-refractivity contribution in [1.29, 1.82) is 0 Å². The highest BCUT2D eigenvalue weighted by Crippen LogP contribution is 2.16. The van der Waals surface area contributed by atoms with E-state index in [-0.39, 0.29) is 67.7 Å². The molecule has 46 heavy (non-hydrogen) atoms. The number of carbonyl (C=O) groups is 5. The van der Waals surface area contributed by atoms with Gasteiger partial charge in [-0.15, -0.1) is 0 Å². The lowest BCUT2D eigenvalue weighted by Crippen LogP contribution is -2.15. The molecular weight excluding hydrogens is 592 g/mol. The fourth-order valence-electron chi connectivity index (χ4n) is 4.92. The molecule has 0 radical (unpaired) electrons. The SMILES string of the molecule is O=C1CCCCOC(=O)c2ccccc2C(=O)OCCCCCCCCCCOC(=O)c2ccccc2C(=O)OCCCCCO1. The highest BCUT2D eigenvalue weighted by Gasteiger charge is 2.20. The van der Waals surface area contributed by atoms with Crippen LogP contribution < -0.4 is 0 Å². The van der Waals surface area contributed by atoms with Gasteiger partial charge in [0.15, 0.2) is 0 Å². The molecule has 10 nitrogen and oxygen atoms in total. The van der Waals surface area contributed by atoms with Crippen LogP contribution in [0, 0.1) is 0 Å². The van der Waals surface area contributed by atoms with Crippen molar-refractivity contribution in [2.45, 2.75) is 89.9 Å². The number of hydrogen-bond acceptors (Lipinski definition) is 10. The molecule has 0 aliphatic carbocycles. The van der Waals surface area contributed by atoms with Gasteiger partial charge in [0.05, 0.1) is 55.3 Å². The first-order valence-electron chi connectivity index (χ1n) is 16.5. The van der Waals surface area contributed by atoms with Crippen LogP contribution >= 0.6 is 0 Å². The Morgan fingerprint density at radius 2 is 0.587 bits per heavy atom. The fourth-order valence-corrected chi connectivity index (χ4v) is 4.92. The minimum Gasteiger partial charge on any atom is -0.466 e. The summed E-state index contributed by atoms with van der Waals surface area (Å²) in [5, 5.41) is 0. The second kappa shape index (κ2) is 21.5. The Bertz CT molecular complexity index is 1270. The maximum atomic E-state index is 12.6. The Kier molecular flexibility index (Phi) is 17.0. The molecule has 0 amide bonds. The summed E-state index contributed by atoms with van der Waals surface area (Å²) in [4.78, 5) is 62.6. The van der Waals surface area contributed by atoms with Crippen molar-refractivity contribution in [3.05, 3.63) is 70.8 Å². The summed E-state index contributed by atoms with van der Waals surface area (Å²) in [6, 6.07) is 12.9. The number of rotatable bonds is 0. The van der Waals surface area contributed by atoms with E-state index in [4.69, 9.17) is 23.7 Å². The van der Waals surface area contributed by atoms with Crippen LogP contribution in [0.5, 0.6) is 0 Å². The van der Waals surface area contributed by atoms with Gasteiger partial charge in [-0.05, 0) is 69.2 Å². The van der Waals surface area contributed by atoms with E-state index < -0.39 is 23.9 Å². The third kappa shape index (κ3) is 13.4. The number of carbonyl (C=O) groups excluding carboxylic acids is 5. The van der Waals surface area contributed by atoms with Crippen molar-refractivity contribution >= 4 is 29.8 Å². The lowest BCUT2D eigenvalue weighted by atomic mass is 10.1. The Balaban J connectivity index is 1.48. The zero-order valence-electron chi connectivity index (χ0n) is 26.6. The van der Waals surface area contributed by atoms with Gasteiger partial charge in [0.2, 0.25) is 0 Å². The number of cyclic esters (lactones) is 5. The molecule has 0 fully saturated rings. The van der Waals surface area contributed by atoms with E-state index in [0.29, 0.717) is 32.1 Å². The largest absolute Gasteiger partial charge is 0.466 e. The number of benzene rings is 2.